The number of nitrogens with zero attached hydrogens (tertiary/aromatic N) is 1. The summed E-state index contributed by atoms with van der Waals surface area (Å²) in [5, 5.41) is 3.45. The van der Waals surface area contributed by atoms with E-state index in [1.54, 1.807) is 20.8 Å². The van der Waals surface area contributed by atoms with Crippen LogP contribution in [-0.4, -0.2) is 47.8 Å². The maximum atomic E-state index is 11.8. The molecule has 136 valence electrons. The van der Waals surface area contributed by atoms with Crippen molar-refractivity contribution in [2.75, 3.05) is 13.2 Å². The van der Waals surface area contributed by atoms with Gasteiger partial charge in [-0.25, -0.2) is 14.7 Å². The fourth-order valence-electron chi connectivity index (χ4n) is 2.03. The second-order valence-electron chi connectivity index (χ2n) is 6.52. The lowest BCUT2D eigenvalue weighted by Crippen LogP contribution is -2.63. The molecule has 8 heteroatoms. The number of alkyl carbamates (subject to hydrolysis) is 1. The van der Waals surface area contributed by atoms with E-state index in [4.69, 9.17) is 14.3 Å². The minimum atomic E-state index is -0.720. The van der Waals surface area contributed by atoms with Crippen LogP contribution in [-0.2, 0) is 30.5 Å². The zero-order valence-corrected chi connectivity index (χ0v) is 14.5. The standard InChI is InChI=1S/C17H22N2O6/c1-17(2,3)25-14(20)11-24-19-9-13(15(19)21)18-16(22)23-10-12-7-5-4-6-8-12/h4-8,13H,9-11H2,1-3H3,(H,18,22). The highest BCUT2D eigenvalue weighted by atomic mass is 16.7. The number of nitrogens with one attached hydrogen (secondary N) is 1. The van der Waals surface area contributed by atoms with E-state index in [0.29, 0.717) is 0 Å². The smallest absolute Gasteiger partial charge is 0.408 e. The number of esters is 1. The molecule has 1 unspecified atom stereocenters. The van der Waals surface area contributed by atoms with Gasteiger partial charge in [0, 0.05) is 0 Å². The van der Waals surface area contributed by atoms with Crippen molar-refractivity contribution in [1.82, 2.24) is 10.4 Å². The summed E-state index contributed by atoms with van der Waals surface area (Å²) < 4.78 is 10.1. The number of hydroxylamine groups is 2. The topological polar surface area (TPSA) is 94.2 Å². The highest BCUT2D eigenvalue weighted by molar-refractivity contribution is 5.90. The monoisotopic (exact) mass is 350 g/mol. The van der Waals surface area contributed by atoms with Crippen molar-refractivity contribution in [3.63, 3.8) is 0 Å². The van der Waals surface area contributed by atoms with Gasteiger partial charge in [0.25, 0.3) is 5.91 Å². The van der Waals surface area contributed by atoms with E-state index >= 15 is 0 Å². The molecular formula is C17H22N2O6. The third-order valence-corrected chi connectivity index (χ3v) is 3.16. The fourth-order valence-corrected chi connectivity index (χ4v) is 2.03. The van der Waals surface area contributed by atoms with E-state index in [-0.39, 0.29) is 19.8 Å². The van der Waals surface area contributed by atoms with E-state index in [9.17, 15) is 14.4 Å². The Labute approximate surface area is 146 Å². The van der Waals surface area contributed by atoms with Crippen molar-refractivity contribution >= 4 is 18.0 Å². The Kier molecular flexibility index (Phi) is 5.97. The van der Waals surface area contributed by atoms with E-state index in [1.807, 2.05) is 30.3 Å². The molecule has 0 saturated carbocycles. The van der Waals surface area contributed by atoms with Crippen molar-refractivity contribution < 1.29 is 28.7 Å². The van der Waals surface area contributed by atoms with Gasteiger partial charge in [0.05, 0.1) is 6.54 Å². The largest absolute Gasteiger partial charge is 0.458 e. The molecule has 1 atom stereocenters. The van der Waals surface area contributed by atoms with E-state index in [2.05, 4.69) is 5.32 Å². The van der Waals surface area contributed by atoms with Crippen molar-refractivity contribution in [2.45, 2.75) is 39.0 Å². The van der Waals surface area contributed by atoms with Crippen LogP contribution < -0.4 is 5.32 Å². The highest BCUT2D eigenvalue weighted by Crippen LogP contribution is 2.12. The SMILES string of the molecule is CC(C)(C)OC(=O)CON1CC(NC(=O)OCc2ccccc2)C1=O. The van der Waals surface area contributed by atoms with Gasteiger partial charge in [-0.3, -0.25) is 9.63 Å². The molecule has 25 heavy (non-hydrogen) atoms. The van der Waals surface area contributed by atoms with Gasteiger partial charge in [-0.15, -0.1) is 0 Å². The van der Waals surface area contributed by atoms with Gasteiger partial charge in [-0.05, 0) is 26.3 Å². The molecule has 0 spiro atoms. The Hall–Kier alpha value is -2.61. The Morgan fingerprint density at radius 3 is 2.52 bits per heavy atom. The number of hydrogen-bond donors (Lipinski definition) is 1. The molecule has 1 aromatic carbocycles. The Morgan fingerprint density at radius 2 is 1.92 bits per heavy atom. The summed E-state index contributed by atoms with van der Waals surface area (Å²) in [6.45, 7) is 5.10. The number of amides is 2. The van der Waals surface area contributed by atoms with Gasteiger partial charge in [0.1, 0.15) is 18.2 Å². The molecule has 1 aromatic rings. The highest BCUT2D eigenvalue weighted by Gasteiger charge is 2.40. The molecular weight excluding hydrogens is 328 g/mol. The number of rotatable bonds is 6. The number of benzene rings is 1. The Bertz CT molecular complexity index is 626. The molecule has 0 aromatic heterocycles. The van der Waals surface area contributed by atoms with Crippen LogP contribution in [0.2, 0.25) is 0 Å². The molecule has 1 fully saturated rings. The van der Waals surface area contributed by atoms with E-state index < -0.39 is 29.6 Å². The maximum Gasteiger partial charge on any atom is 0.408 e. The number of β-lactam (4-membered cyclic amide) rings is 1. The fraction of sp³-hybridized carbons (Fsp3) is 0.471. The molecule has 0 bridgehead atoms. The first-order chi connectivity index (χ1) is 11.7. The summed E-state index contributed by atoms with van der Waals surface area (Å²) in [6, 6.07) is 8.48. The molecule has 1 N–H and O–H groups in total. The number of carbonyl (C=O) groups is 3. The van der Waals surface area contributed by atoms with Gasteiger partial charge in [-0.1, -0.05) is 30.3 Å². The van der Waals surface area contributed by atoms with Crippen molar-refractivity contribution in [2.24, 2.45) is 0 Å². The second kappa shape index (κ2) is 7.98. The minimum Gasteiger partial charge on any atom is -0.458 e. The van der Waals surface area contributed by atoms with E-state index in [1.165, 1.54) is 0 Å². The van der Waals surface area contributed by atoms with Gasteiger partial charge >= 0.3 is 12.1 Å². The zero-order chi connectivity index (χ0) is 18.4. The van der Waals surface area contributed by atoms with E-state index in [0.717, 1.165) is 10.6 Å². The lowest BCUT2D eigenvalue weighted by molar-refractivity contribution is -0.219. The minimum absolute atomic E-state index is 0.118. The summed E-state index contributed by atoms with van der Waals surface area (Å²) >= 11 is 0. The lowest BCUT2D eigenvalue weighted by atomic mass is 10.1. The van der Waals surface area contributed by atoms with Crippen LogP contribution in [0.25, 0.3) is 0 Å². The van der Waals surface area contributed by atoms with Gasteiger partial charge < -0.3 is 14.8 Å². The normalized spacial score (nSPS) is 16.8. The molecule has 0 radical (unpaired) electrons. The summed E-state index contributed by atoms with van der Waals surface area (Å²) in [4.78, 5) is 40.1. The molecule has 1 aliphatic rings. The molecule has 8 nitrogen and oxygen atoms in total. The quantitative estimate of drug-likeness (QED) is 0.616. The van der Waals surface area contributed by atoms with Crippen LogP contribution in [0.5, 0.6) is 0 Å². The van der Waals surface area contributed by atoms with Gasteiger partial charge in [0.2, 0.25) is 0 Å². The molecule has 2 amide bonds. The summed E-state index contributed by atoms with van der Waals surface area (Å²) in [5.74, 6) is -1.01. The molecule has 1 heterocycles. The number of carbonyl (C=O) groups excluding carboxylic acids is 3. The van der Waals surface area contributed by atoms with Crippen LogP contribution in [0.4, 0.5) is 4.79 Å². The first-order valence-electron chi connectivity index (χ1n) is 7.88. The second-order valence-corrected chi connectivity index (χ2v) is 6.52. The maximum absolute atomic E-state index is 11.8. The first kappa shape index (κ1) is 18.7. The van der Waals surface area contributed by atoms with Crippen LogP contribution in [0.3, 0.4) is 0 Å². The van der Waals surface area contributed by atoms with Crippen molar-refractivity contribution in [1.29, 1.82) is 0 Å². The van der Waals surface area contributed by atoms with Crippen molar-refractivity contribution in [3.05, 3.63) is 35.9 Å². The van der Waals surface area contributed by atoms with Crippen LogP contribution in [0.1, 0.15) is 26.3 Å². The summed E-state index contributed by atoms with van der Waals surface area (Å²) in [5.41, 5.74) is 0.228. The Balaban J connectivity index is 1.65. The summed E-state index contributed by atoms with van der Waals surface area (Å²) in [7, 11) is 0. The predicted octanol–water partition coefficient (Wildman–Crippen LogP) is 1.40. The number of ether oxygens (including phenoxy) is 2. The lowest BCUT2D eigenvalue weighted by Gasteiger charge is -2.36. The average molecular weight is 350 g/mol. The Morgan fingerprint density at radius 1 is 1.24 bits per heavy atom. The van der Waals surface area contributed by atoms with Crippen LogP contribution >= 0.6 is 0 Å². The van der Waals surface area contributed by atoms with Crippen molar-refractivity contribution in [3.8, 4) is 0 Å². The molecule has 1 saturated heterocycles. The zero-order valence-electron chi connectivity index (χ0n) is 14.5. The predicted molar refractivity (Wildman–Crippen MR) is 87.1 cm³/mol. The first-order valence-corrected chi connectivity index (χ1v) is 7.88. The summed E-state index contributed by atoms with van der Waals surface area (Å²) in [6.07, 6.45) is -0.686. The van der Waals surface area contributed by atoms with Gasteiger partial charge in [0.15, 0.2) is 6.61 Å². The van der Waals surface area contributed by atoms with Crippen LogP contribution in [0, 0.1) is 0 Å². The third kappa shape index (κ3) is 6.07. The molecule has 2 rings (SSSR count). The number of hydrogen-bond acceptors (Lipinski definition) is 6. The molecule has 1 aliphatic heterocycles. The van der Waals surface area contributed by atoms with Gasteiger partial charge in [-0.2, -0.15) is 0 Å². The third-order valence-electron chi connectivity index (χ3n) is 3.16. The molecule has 0 aliphatic carbocycles. The average Bonchev–Trinajstić information content (AvgIpc) is 2.54. The van der Waals surface area contributed by atoms with Crippen LogP contribution in [0.15, 0.2) is 30.3 Å².